The Morgan fingerprint density at radius 2 is 0.487 bits per heavy atom. The molecular formula is C74H60Cl2Hf2Si2-2. The first-order chi connectivity index (χ1) is 38.4. The quantitative estimate of drug-likeness (QED) is 0.115. The molecule has 0 bridgehead atoms. The number of allylic oxidation sites excluding steroid dienone is 16. The molecule has 0 atom stereocenters. The standard InChI is InChI=1S/4C15H11.2C7H8Si.2ClH.2Hf/c4*1-2-7-12(6-1)15-11-5-9-13-8-3-4-10-14(13)15;2*1-8-7-5-3-2-4-6-7;;;;/h4*3-11H,1H2;2*2-6H,1H3;2*1H;;/q4*-1;;;;;2*+2/p-2. The van der Waals surface area contributed by atoms with E-state index in [1.54, 1.807) is 10.4 Å². The van der Waals surface area contributed by atoms with Crippen LogP contribution in [0.4, 0.5) is 0 Å². The van der Waals surface area contributed by atoms with Crippen molar-refractivity contribution < 1.29 is 70.8 Å². The van der Waals surface area contributed by atoms with Gasteiger partial charge in [0, 0.05) is 0 Å². The molecule has 6 heteroatoms. The van der Waals surface area contributed by atoms with Crippen molar-refractivity contribution in [2.24, 2.45) is 0 Å². The molecule has 0 amide bonds. The second-order valence-corrected chi connectivity index (χ2v) is 38.8. The molecule has 388 valence electrons. The number of fused-ring (bicyclic) bond motifs is 4. The van der Waals surface area contributed by atoms with Gasteiger partial charge in [-0.3, -0.25) is 24.3 Å². The van der Waals surface area contributed by atoms with Crippen molar-refractivity contribution in [2.75, 3.05) is 0 Å². The summed E-state index contributed by atoms with van der Waals surface area (Å²) in [5.74, 6) is 0. The minimum atomic E-state index is -0.0733. The summed E-state index contributed by atoms with van der Waals surface area (Å²) in [6.45, 7) is 4.73. The molecule has 0 radical (unpaired) electrons. The Morgan fingerprint density at radius 3 is 0.688 bits per heavy atom. The second kappa shape index (κ2) is 32.4. The predicted molar refractivity (Wildman–Crippen MR) is 333 cm³/mol. The van der Waals surface area contributed by atoms with Crippen molar-refractivity contribution >= 4 is 86.7 Å². The maximum Gasteiger partial charge on any atom is -0.0193 e. The fourth-order valence-corrected chi connectivity index (χ4v) is 14.6. The average molecular weight is 1430 g/mol. The molecule has 4 aliphatic carbocycles. The third kappa shape index (κ3) is 17.0. The second-order valence-electron chi connectivity index (χ2n) is 18.9. The number of hydrogen-bond acceptors (Lipinski definition) is 0. The van der Waals surface area contributed by atoms with Gasteiger partial charge in [0.05, 0.1) is 0 Å². The van der Waals surface area contributed by atoms with Gasteiger partial charge in [-0.25, -0.2) is 24.3 Å². The van der Waals surface area contributed by atoms with Gasteiger partial charge < -0.3 is 24.8 Å². The Hall–Kier alpha value is -6.09. The molecule has 0 heterocycles. The van der Waals surface area contributed by atoms with E-state index >= 15 is 0 Å². The zero-order valence-corrected chi connectivity index (χ0v) is 55.8. The van der Waals surface area contributed by atoms with E-state index in [4.69, 9.17) is 0 Å². The number of hydrogen-bond donors (Lipinski definition) is 0. The van der Waals surface area contributed by atoms with Crippen LogP contribution in [-0.2, 0) is 46.0 Å². The summed E-state index contributed by atoms with van der Waals surface area (Å²) in [6, 6.07) is 81.4. The van der Waals surface area contributed by atoms with Gasteiger partial charge in [0.15, 0.2) is 0 Å². The van der Waals surface area contributed by atoms with Crippen LogP contribution in [0.15, 0.2) is 279 Å². The van der Waals surface area contributed by atoms with E-state index in [9.17, 15) is 0 Å². The number of rotatable bonds is 6. The van der Waals surface area contributed by atoms with Crippen LogP contribution in [0, 0.1) is 24.3 Å². The molecule has 0 saturated carbocycles. The molecule has 0 fully saturated rings. The van der Waals surface area contributed by atoms with E-state index in [2.05, 4.69) is 317 Å². The van der Waals surface area contributed by atoms with Crippen molar-refractivity contribution in [1.29, 1.82) is 0 Å². The van der Waals surface area contributed by atoms with E-state index in [0.717, 1.165) is 25.7 Å². The molecule has 10 aromatic rings. The maximum absolute atomic E-state index is 3.22. The van der Waals surface area contributed by atoms with Crippen molar-refractivity contribution in [3.05, 3.63) is 326 Å². The first kappa shape index (κ1) is 61.5. The van der Waals surface area contributed by atoms with Crippen molar-refractivity contribution in [3.63, 3.8) is 0 Å². The minimum absolute atomic E-state index is 0. The van der Waals surface area contributed by atoms with E-state index in [0.29, 0.717) is 0 Å². The fourth-order valence-electron chi connectivity index (χ4n) is 9.62. The van der Waals surface area contributed by atoms with Gasteiger partial charge in [0.2, 0.25) is 0 Å². The first-order valence-electron chi connectivity index (χ1n) is 26.6. The Bertz CT molecular complexity index is 3480. The Morgan fingerprint density at radius 1 is 0.275 bits per heavy atom. The van der Waals surface area contributed by atoms with Crippen molar-refractivity contribution in [2.45, 2.75) is 38.8 Å². The molecule has 0 aliphatic heterocycles. The van der Waals surface area contributed by atoms with Gasteiger partial charge in [-0.2, -0.15) is 46.6 Å². The van der Waals surface area contributed by atoms with Crippen LogP contribution in [0.1, 0.15) is 47.9 Å². The summed E-state index contributed by atoms with van der Waals surface area (Å²) in [5, 5.41) is 13.7. The molecule has 0 saturated heterocycles. The predicted octanol–water partition coefficient (Wildman–Crippen LogP) is 12.1. The van der Waals surface area contributed by atoms with Crippen LogP contribution in [0.5, 0.6) is 0 Å². The summed E-state index contributed by atoms with van der Waals surface area (Å²) in [6.07, 6.45) is 33.9. The summed E-state index contributed by atoms with van der Waals surface area (Å²) in [4.78, 5) is 0. The molecule has 80 heavy (non-hydrogen) atoms. The van der Waals surface area contributed by atoms with Gasteiger partial charge in [0.1, 0.15) is 0 Å². The van der Waals surface area contributed by atoms with Gasteiger partial charge in [-0.05, 0) is 43.1 Å². The Labute approximate surface area is 516 Å². The zero-order valence-electron chi connectivity index (χ0n) is 45.1. The monoisotopic (exact) mass is 1430 g/mol. The largest absolute Gasteiger partial charge is 1.00 e. The fraction of sp³-hybridized carbons (Fsp3) is 0.0811. The maximum atomic E-state index is 3.22. The molecule has 0 unspecified atom stereocenters. The van der Waals surface area contributed by atoms with Crippen molar-refractivity contribution in [1.82, 2.24) is 0 Å². The zero-order chi connectivity index (χ0) is 53.7. The van der Waals surface area contributed by atoms with Crippen LogP contribution in [0.25, 0.3) is 65.4 Å². The molecule has 10 aromatic carbocycles. The van der Waals surface area contributed by atoms with Crippen LogP contribution in [-0.4, -0.2) is 11.0 Å². The van der Waals surface area contributed by atoms with Crippen LogP contribution >= 0.6 is 0 Å². The third-order valence-corrected chi connectivity index (χ3v) is 22.2. The Balaban J connectivity index is 0.000000140. The molecule has 14 rings (SSSR count). The summed E-state index contributed by atoms with van der Waals surface area (Å²) in [5.41, 5.74) is 10.3. The summed E-state index contributed by atoms with van der Waals surface area (Å²) >= 11 is 2.72. The summed E-state index contributed by atoms with van der Waals surface area (Å²) in [7, 11) is 0. The van der Waals surface area contributed by atoms with Gasteiger partial charge in [-0.15, -0.1) is 25.7 Å². The average Bonchev–Trinajstić information content (AvgIpc) is 4.42. The topological polar surface area (TPSA) is 0 Å². The van der Waals surface area contributed by atoms with Crippen molar-refractivity contribution in [3.8, 4) is 0 Å². The minimum Gasteiger partial charge on any atom is -1.00 e. The Kier molecular flexibility index (Phi) is 24.9. The number of halogens is 2. The van der Waals surface area contributed by atoms with Crippen LogP contribution < -0.4 is 35.2 Å². The van der Waals surface area contributed by atoms with E-state index in [-0.39, 0.29) is 35.8 Å². The first-order valence-corrected chi connectivity index (χ1v) is 41.4. The van der Waals surface area contributed by atoms with E-state index in [1.165, 1.54) is 134 Å². The smallest absolute Gasteiger partial charge is 0.0193 e. The molecule has 0 spiro atoms. The molecule has 0 nitrogen and oxygen atoms in total. The van der Waals surface area contributed by atoms with Gasteiger partial charge >= 0.3 is 141 Å². The third-order valence-electron chi connectivity index (χ3n) is 13.6. The van der Waals surface area contributed by atoms with E-state index in [1.807, 2.05) is 0 Å². The van der Waals surface area contributed by atoms with Gasteiger partial charge in [-0.1, -0.05) is 192 Å². The number of benzene rings is 10. The normalized spacial score (nSPS) is 13.0. The van der Waals surface area contributed by atoms with Crippen LogP contribution in [0.2, 0.25) is 13.1 Å². The van der Waals surface area contributed by atoms with Gasteiger partial charge in [0.25, 0.3) is 0 Å². The molecule has 0 aromatic heterocycles. The summed E-state index contributed by atoms with van der Waals surface area (Å²) < 4.78 is 0. The molecule has 4 aliphatic rings. The van der Waals surface area contributed by atoms with Crippen LogP contribution in [0.3, 0.4) is 0 Å². The van der Waals surface area contributed by atoms with E-state index < -0.39 is 0 Å². The molecular weight excluding hydrogens is 1370 g/mol. The molecule has 0 N–H and O–H groups in total. The SMILES string of the molecule is C[Si](=[Hf+2])c1ccccc1.C[Si](=[Hf+2])c1ccccc1.[C-]1=CC(c2cccc3ccccc23)=CC1.[C-]1=CC(c2cccc3ccccc23)=CC1.[C-]1=CC(c2cccc3ccccc23)=CC1.[C-]1=CC(c2cccc3ccccc23)=CC1.[Cl-].[Cl-].